The second kappa shape index (κ2) is 8.33. The van der Waals surface area contributed by atoms with Crippen LogP contribution in [-0.4, -0.2) is 32.0 Å². The van der Waals surface area contributed by atoms with Crippen molar-refractivity contribution in [2.75, 3.05) is 19.0 Å². The molecule has 0 amide bonds. The van der Waals surface area contributed by atoms with Gasteiger partial charge in [-0.05, 0) is 35.9 Å². The minimum Gasteiger partial charge on any atom is -0.744 e. The Kier molecular flexibility index (Phi) is 6.60. The second-order valence-corrected chi connectivity index (χ2v) is 7.20. The Morgan fingerprint density at radius 1 is 0.885 bits per heavy atom. The quantitative estimate of drug-likeness (QED) is 0.487. The molecule has 3 rings (SSSR count). The average molecular weight is 376 g/mol. The third-order valence-electron chi connectivity index (χ3n) is 3.92. The topological polar surface area (TPSA) is 73.3 Å². The van der Waals surface area contributed by atoms with E-state index in [0.29, 0.717) is 0 Å². The molecule has 0 saturated heterocycles. The van der Waals surface area contributed by atoms with Gasteiger partial charge in [-0.15, -0.1) is 0 Å². The fourth-order valence-electron chi connectivity index (χ4n) is 2.59. The molecule has 0 saturated carbocycles. The number of hydrogen-bond acceptors (Lipinski definition) is 5. The van der Waals surface area contributed by atoms with Gasteiger partial charge in [0.25, 0.3) is 0 Å². The number of rotatable bonds is 4. The maximum absolute atomic E-state index is 11.1. The normalized spacial score (nSPS) is 10.9. The minimum absolute atomic E-state index is 0. The van der Waals surface area contributed by atoms with E-state index < -0.39 is 10.1 Å². The molecular formula is C19H17N2NaO3S. The monoisotopic (exact) mass is 376 g/mol. The maximum atomic E-state index is 11.1. The molecular weight excluding hydrogens is 359 g/mol. The molecule has 0 spiro atoms. The maximum Gasteiger partial charge on any atom is 1.00 e. The third-order valence-corrected chi connectivity index (χ3v) is 4.77. The molecule has 0 bridgehead atoms. The van der Waals surface area contributed by atoms with Crippen molar-refractivity contribution in [3.05, 3.63) is 66.9 Å². The van der Waals surface area contributed by atoms with Crippen LogP contribution in [0, 0.1) is 0 Å². The molecule has 0 aliphatic heterocycles. The van der Waals surface area contributed by atoms with E-state index in [9.17, 15) is 13.0 Å². The Labute approximate surface area is 175 Å². The number of aromatic nitrogens is 1. The first-order valence-electron chi connectivity index (χ1n) is 7.65. The Hall–Kier alpha value is -1.70. The van der Waals surface area contributed by atoms with Crippen LogP contribution in [0.3, 0.4) is 0 Å². The number of nitrogens with zero attached hydrogens (tertiary/aromatic N) is 2. The summed E-state index contributed by atoms with van der Waals surface area (Å²) in [6.07, 6.45) is 1.69. The number of pyridine rings is 1. The molecule has 0 aliphatic rings. The zero-order valence-electron chi connectivity index (χ0n) is 14.9. The van der Waals surface area contributed by atoms with E-state index in [-0.39, 0.29) is 34.5 Å². The summed E-state index contributed by atoms with van der Waals surface area (Å²) in [4.78, 5) is 6.21. The van der Waals surface area contributed by atoms with Crippen LogP contribution < -0.4 is 34.5 Å². The average Bonchev–Trinajstić information content (AvgIpc) is 2.61. The van der Waals surface area contributed by atoms with Crippen LogP contribution in [0.25, 0.3) is 22.4 Å². The smallest absolute Gasteiger partial charge is 0.744 e. The zero-order valence-corrected chi connectivity index (χ0v) is 17.7. The molecule has 0 unspecified atom stereocenters. The fourth-order valence-corrected chi connectivity index (χ4v) is 3.06. The molecule has 7 heteroatoms. The molecule has 0 N–H and O–H groups in total. The molecule has 1 aromatic heterocycles. The van der Waals surface area contributed by atoms with Gasteiger partial charge >= 0.3 is 29.6 Å². The van der Waals surface area contributed by atoms with Crippen molar-refractivity contribution >= 4 is 15.8 Å². The third kappa shape index (κ3) is 4.52. The summed E-state index contributed by atoms with van der Waals surface area (Å²) in [5, 5.41) is 0. The van der Waals surface area contributed by atoms with Crippen molar-refractivity contribution in [1.29, 1.82) is 0 Å². The summed E-state index contributed by atoms with van der Waals surface area (Å²) in [5.74, 6) is 0. The van der Waals surface area contributed by atoms with E-state index in [1.54, 1.807) is 18.3 Å². The van der Waals surface area contributed by atoms with Crippen molar-refractivity contribution in [2.45, 2.75) is 4.90 Å². The molecule has 3 aromatic rings. The predicted molar refractivity (Wildman–Crippen MR) is 97.4 cm³/mol. The van der Waals surface area contributed by atoms with E-state index in [0.717, 1.165) is 28.1 Å². The van der Waals surface area contributed by atoms with Gasteiger partial charge in [0.05, 0.1) is 10.6 Å². The van der Waals surface area contributed by atoms with Crippen LogP contribution in [0.1, 0.15) is 0 Å². The van der Waals surface area contributed by atoms with Gasteiger partial charge in [0, 0.05) is 37.1 Å². The number of benzene rings is 2. The van der Waals surface area contributed by atoms with E-state index in [1.807, 2.05) is 55.4 Å². The summed E-state index contributed by atoms with van der Waals surface area (Å²) in [6, 6.07) is 17.7. The summed E-state index contributed by atoms with van der Waals surface area (Å²) in [7, 11) is -0.488. The molecule has 26 heavy (non-hydrogen) atoms. The van der Waals surface area contributed by atoms with Gasteiger partial charge in [-0.25, -0.2) is 8.42 Å². The molecule has 128 valence electrons. The van der Waals surface area contributed by atoms with Gasteiger partial charge in [0.1, 0.15) is 10.1 Å². The molecule has 2 aromatic carbocycles. The van der Waals surface area contributed by atoms with Gasteiger partial charge < -0.3 is 9.45 Å². The molecule has 5 nitrogen and oxygen atoms in total. The van der Waals surface area contributed by atoms with Crippen LogP contribution in [0.4, 0.5) is 5.69 Å². The summed E-state index contributed by atoms with van der Waals surface area (Å²) >= 11 is 0. The molecule has 0 radical (unpaired) electrons. The first-order chi connectivity index (χ1) is 11.9. The van der Waals surface area contributed by atoms with E-state index in [4.69, 9.17) is 0 Å². The van der Waals surface area contributed by atoms with Crippen molar-refractivity contribution in [3.63, 3.8) is 0 Å². The largest absolute Gasteiger partial charge is 1.00 e. The van der Waals surface area contributed by atoms with Crippen LogP contribution in [0.5, 0.6) is 0 Å². The SMILES string of the molecule is CN(C)c1ccc(-c2cccnc2-c2ccc(S(=O)(=O)[O-])cc2)cc1.[Na+]. The van der Waals surface area contributed by atoms with E-state index >= 15 is 0 Å². The Morgan fingerprint density at radius 2 is 1.46 bits per heavy atom. The van der Waals surface area contributed by atoms with Crippen LogP contribution >= 0.6 is 0 Å². The van der Waals surface area contributed by atoms with Crippen molar-refractivity contribution < 1.29 is 42.5 Å². The van der Waals surface area contributed by atoms with E-state index in [2.05, 4.69) is 4.98 Å². The van der Waals surface area contributed by atoms with Gasteiger partial charge in [0.2, 0.25) is 0 Å². The van der Waals surface area contributed by atoms with Crippen LogP contribution in [0.2, 0.25) is 0 Å². The Morgan fingerprint density at radius 3 is 2.00 bits per heavy atom. The second-order valence-electron chi connectivity index (χ2n) is 5.82. The summed E-state index contributed by atoms with van der Waals surface area (Å²) in [6.45, 7) is 0. The number of anilines is 1. The van der Waals surface area contributed by atoms with E-state index in [1.165, 1.54) is 12.1 Å². The van der Waals surface area contributed by atoms with Crippen LogP contribution in [-0.2, 0) is 10.1 Å². The minimum atomic E-state index is -4.45. The fraction of sp³-hybridized carbons (Fsp3) is 0.105. The summed E-state index contributed by atoms with van der Waals surface area (Å²) < 4.78 is 33.2. The molecule has 1 heterocycles. The Bertz CT molecular complexity index is 986. The Balaban J connectivity index is 0.00000243. The first kappa shape index (κ1) is 20.6. The predicted octanol–water partition coefficient (Wildman–Crippen LogP) is 0.390. The molecule has 0 aliphatic carbocycles. The van der Waals surface area contributed by atoms with Crippen molar-refractivity contribution in [2.24, 2.45) is 0 Å². The zero-order chi connectivity index (χ0) is 18.0. The van der Waals surface area contributed by atoms with Crippen molar-refractivity contribution in [3.8, 4) is 22.4 Å². The number of hydrogen-bond donors (Lipinski definition) is 0. The standard InChI is InChI=1S/C19H18N2O3S.Na/c1-21(2)16-9-5-14(6-10-16)18-4-3-13-20-19(18)15-7-11-17(12-8-15)25(22,23)24;/h3-13H,1-2H3,(H,22,23,24);/q;+1/p-1. The van der Waals surface area contributed by atoms with Crippen LogP contribution in [0.15, 0.2) is 71.8 Å². The molecule has 0 fully saturated rings. The first-order valence-corrected chi connectivity index (χ1v) is 9.06. The van der Waals surface area contributed by atoms with Gasteiger partial charge in [-0.3, -0.25) is 4.98 Å². The van der Waals surface area contributed by atoms with Crippen molar-refractivity contribution in [1.82, 2.24) is 4.98 Å². The van der Waals surface area contributed by atoms with Gasteiger partial charge in [0.15, 0.2) is 0 Å². The van der Waals surface area contributed by atoms with Gasteiger partial charge in [-0.1, -0.05) is 30.3 Å². The molecule has 0 atom stereocenters. The summed E-state index contributed by atoms with van der Waals surface area (Å²) in [5.41, 5.74) is 4.52. The van der Waals surface area contributed by atoms with Gasteiger partial charge in [-0.2, -0.15) is 0 Å².